The Kier molecular flexibility index (Phi) is 2.95. The summed E-state index contributed by atoms with van der Waals surface area (Å²) >= 11 is 0. The molecule has 0 aliphatic rings. The average molecular weight is 251 g/mol. The van der Waals surface area contributed by atoms with Crippen molar-refractivity contribution in [3.63, 3.8) is 0 Å². The zero-order valence-corrected chi connectivity index (χ0v) is 11.2. The highest BCUT2D eigenvalue weighted by Gasteiger charge is 2.07. The number of pyridine rings is 1. The van der Waals surface area contributed by atoms with E-state index in [1.807, 2.05) is 12.4 Å². The number of aryl methyl sites for hydroxylation is 1. The standard InChI is InChI=1S/C16H17N3/c1-12-4-3-5-13(10-12)11-19(2)15-7-9-18-16-14(15)6-8-17-16/h3-10H,11H2,1-2H3,(H,17,18). The Morgan fingerprint density at radius 2 is 2.11 bits per heavy atom. The summed E-state index contributed by atoms with van der Waals surface area (Å²) in [6, 6.07) is 12.8. The summed E-state index contributed by atoms with van der Waals surface area (Å²) in [6.45, 7) is 3.02. The van der Waals surface area contributed by atoms with Crippen LogP contribution in [0.3, 0.4) is 0 Å². The Morgan fingerprint density at radius 1 is 1.21 bits per heavy atom. The lowest BCUT2D eigenvalue weighted by Gasteiger charge is -2.20. The molecule has 0 bridgehead atoms. The van der Waals surface area contributed by atoms with Gasteiger partial charge in [0, 0.05) is 37.1 Å². The third-order valence-corrected chi connectivity index (χ3v) is 3.35. The predicted molar refractivity (Wildman–Crippen MR) is 79.4 cm³/mol. The predicted octanol–water partition coefficient (Wildman–Crippen LogP) is 3.51. The topological polar surface area (TPSA) is 31.9 Å². The molecule has 0 saturated heterocycles. The molecule has 3 rings (SSSR count). The molecular formula is C16H17N3. The summed E-state index contributed by atoms with van der Waals surface area (Å²) < 4.78 is 0. The Morgan fingerprint density at radius 3 is 2.95 bits per heavy atom. The van der Waals surface area contributed by atoms with Gasteiger partial charge in [-0.15, -0.1) is 0 Å². The van der Waals surface area contributed by atoms with Gasteiger partial charge in [0.1, 0.15) is 5.65 Å². The number of H-pyrrole nitrogens is 1. The summed E-state index contributed by atoms with van der Waals surface area (Å²) in [7, 11) is 2.12. The molecule has 96 valence electrons. The lowest BCUT2D eigenvalue weighted by atomic mass is 10.1. The number of benzene rings is 1. The van der Waals surface area contributed by atoms with Gasteiger partial charge in [-0.3, -0.25) is 0 Å². The summed E-state index contributed by atoms with van der Waals surface area (Å²) in [5.41, 5.74) is 4.76. The van der Waals surface area contributed by atoms with Gasteiger partial charge in [0.2, 0.25) is 0 Å². The molecule has 0 aliphatic heterocycles. The van der Waals surface area contributed by atoms with Crippen LogP contribution in [0.2, 0.25) is 0 Å². The monoisotopic (exact) mass is 251 g/mol. The van der Waals surface area contributed by atoms with Crippen molar-refractivity contribution in [3.05, 3.63) is 59.9 Å². The Hall–Kier alpha value is -2.29. The van der Waals surface area contributed by atoms with Crippen LogP contribution in [0.4, 0.5) is 5.69 Å². The van der Waals surface area contributed by atoms with E-state index in [9.17, 15) is 0 Å². The molecule has 1 N–H and O–H groups in total. The number of anilines is 1. The van der Waals surface area contributed by atoms with E-state index in [1.165, 1.54) is 16.8 Å². The number of aromatic amines is 1. The first-order valence-corrected chi connectivity index (χ1v) is 6.43. The van der Waals surface area contributed by atoms with Gasteiger partial charge in [0.15, 0.2) is 0 Å². The van der Waals surface area contributed by atoms with Gasteiger partial charge in [0.05, 0.1) is 0 Å². The summed E-state index contributed by atoms with van der Waals surface area (Å²) in [5, 5.41) is 1.16. The van der Waals surface area contributed by atoms with Gasteiger partial charge >= 0.3 is 0 Å². The van der Waals surface area contributed by atoms with Crippen molar-refractivity contribution in [2.24, 2.45) is 0 Å². The van der Waals surface area contributed by atoms with Crippen molar-refractivity contribution in [2.45, 2.75) is 13.5 Å². The minimum atomic E-state index is 0.895. The first-order valence-electron chi connectivity index (χ1n) is 6.43. The highest BCUT2D eigenvalue weighted by molar-refractivity contribution is 5.89. The Balaban J connectivity index is 1.91. The highest BCUT2D eigenvalue weighted by atomic mass is 15.1. The first kappa shape index (κ1) is 11.8. The van der Waals surface area contributed by atoms with E-state index < -0.39 is 0 Å². The number of nitrogens with zero attached hydrogens (tertiary/aromatic N) is 2. The van der Waals surface area contributed by atoms with E-state index >= 15 is 0 Å². The van der Waals surface area contributed by atoms with Crippen LogP contribution in [-0.4, -0.2) is 17.0 Å². The SMILES string of the molecule is Cc1cccc(CN(C)c2ccnc3[nH]ccc23)c1. The molecule has 1 aromatic carbocycles. The highest BCUT2D eigenvalue weighted by Crippen LogP contribution is 2.24. The normalized spacial score (nSPS) is 10.8. The lowest BCUT2D eigenvalue weighted by Crippen LogP contribution is -2.16. The zero-order valence-electron chi connectivity index (χ0n) is 11.2. The Labute approximate surface area is 112 Å². The van der Waals surface area contributed by atoms with E-state index in [4.69, 9.17) is 0 Å². The molecule has 0 amide bonds. The lowest BCUT2D eigenvalue weighted by molar-refractivity contribution is 0.925. The van der Waals surface area contributed by atoms with Crippen LogP contribution >= 0.6 is 0 Å². The van der Waals surface area contributed by atoms with Gasteiger partial charge in [-0.1, -0.05) is 29.8 Å². The van der Waals surface area contributed by atoms with Gasteiger partial charge in [-0.2, -0.15) is 0 Å². The second-order valence-corrected chi connectivity index (χ2v) is 4.92. The third-order valence-electron chi connectivity index (χ3n) is 3.35. The van der Waals surface area contributed by atoms with Gasteiger partial charge < -0.3 is 9.88 Å². The fourth-order valence-corrected chi connectivity index (χ4v) is 2.45. The molecular weight excluding hydrogens is 234 g/mol. The maximum Gasteiger partial charge on any atom is 0.139 e. The van der Waals surface area contributed by atoms with E-state index in [2.05, 4.69) is 65.2 Å². The van der Waals surface area contributed by atoms with Crippen molar-refractivity contribution >= 4 is 16.7 Å². The van der Waals surface area contributed by atoms with Crippen LogP contribution in [0.5, 0.6) is 0 Å². The third kappa shape index (κ3) is 2.32. The van der Waals surface area contributed by atoms with Crippen LogP contribution in [0, 0.1) is 6.92 Å². The molecule has 0 spiro atoms. The maximum atomic E-state index is 4.32. The Bertz CT molecular complexity index is 700. The number of rotatable bonds is 3. The quantitative estimate of drug-likeness (QED) is 0.772. The minimum Gasteiger partial charge on any atom is -0.370 e. The van der Waals surface area contributed by atoms with Crippen molar-refractivity contribution in [1.82, 2.24) is 9.97 Å². The van der Waals surface area contributed by atoms with E-state index in [-0.39, 0.29) is 0 Å². The largest absolute Gasteiger partial charge is 0.370 e. The van der Waals surface area contributed by atoms with E-state index in [0.717, 1.165) is 17.6 Å². The number of fused-ring (bicyclic) bond motifs is 1. The number of hydrogen-bond donors (Lipinski definition) is 1. The average Bonchev–Trinajstić information content (AvgIpc) is 2.86. The van der Waals surface area contributed by atoms with Crippen LogP contribution in [0.1, 0.15) is 11.1 Å². The molecule has 3 heteroatoms. The second kappa shape index (κ2) is 4.76. The maximum absolute atomic E-state index is 4.32. The van der Waals surface area contributed by atoms with Crippen LogP contribution < -0.4 is 4.90 Å². The van der Waals surface area contributed by atoms with Crippen molar-refractivity contribution in [2.75, 3.05) is 11.9 Å². The molecule has 3 aromatic rings. The van der Waals surface area contributed by atoms with Crippen LogP contribution in [0.25, 0.3) is 11.0 Å². The van der Waals surface area contributed by atoms with Gasteiger partial charge in [0.25, 0.3) is 0 Å². The molecule has 0 radical (unpaired) electrons. The van der Waals surface area contributed by atoms with Gasteiger partial charge in [-0.25, -0.2) is 4.98 Å². The van der Waals surface area contributed by atoms with Crippen molar-refractivity contribution < 1.29 is 0 Å². The number of aromatic nitrogens is 2. The summed E-state index contributed by atoms with van der Waals surface area (Å²) in [6.07, 6.45) is 3.78. The molecule has 3 nitrogen and oxygen atoms in total. The molecule has 0 unspecified atom stereocenters. The summed E-state index contributed by atoms with van der Waals surface area (Å²) in [4.78, 5) is 9.73. The molecule has 2 aromatic heterocycles. The molecule has 0 fully saturated rings. The van der Waals surface area contributed by atoms with Crippen LogP contribution in [-0.2, 0) is 6.54 Å². The molecule has 19 heavy (non-hydrogen) atoms. The molecule has 0 saturated carbocycles. The smallest absolute Gasteiger partial charge is 0.139 e. The van der Waals surface area contributed by atoms with E-state index in [1.54, 1.807) is 0 Å². The molecule has 0 atom stereocenters. The zero-order chi connectivity index (χ0) is 13.2. The number of hydrogen-bond acceptors (Lipinski definition) is 2. The first-order chi connectivity index (χ1) is 9.24. The fraction of sp³-hybridized carbons (Fsp3) is 0.188. The van der Waals surface area contributed by atoms with Gasteiger partial charge in [-0.05, 0) is 24.6 Å². The minimum absolute atomic E-state index is 0.895. The second-order valence-electron chi connectivity index (χ2n) is 4.92. The molecule has 2 heterocycles. The van der Waals surface area contributed by atoms with E-state index in [0.29, 0.717) is 0 Å². The fourth-order valence-electron chi connectivity index (χ4n) is 2.45. The molecule has 0 aliphatic carbocycles. The summed E-state index contributed by atoms with van der Waals surface area (Å²) in [5.74, 6) is 0. The van der Waals surface area contributed by atoms with Crippen molar-refractivity contribution in [1.29, 1.82) is 0 Å². The van der Waals surface area contributed by atoms with Crippen LogP contribution in [0.15, 0.2) is 48.8 Å². The van der Waals surface area contributed by atoms with Crippen molar-refractivity contribution in [3.8, 4) is 0 Å². The number of nitrogens with one attached hydrogen (secondary N) is 1.